The second-order valence-corrected chi connectivity index (χ2v) is 4.89. The van der Waals surface area contributed by atoms with Crippen LogP contribution in [-0.2, 0) is 11.8 Å². The summed E-state index contributed by atoms with van der Waals surface area (Å²) in [7, 11) is 1.65. The number of carboxylic acids is 1. The van der Waals surface area contributed by atoms with Crippen molar-refractivity contribution >= 4 is 29.2 Å². The molecule has 2 rings (SSSR count). The van der Waals surface area contributed by atoms with Gasteiger partial charge in [0.25, 0.3) is 5.91 Å². The molecule has 110 valence electrons. The molecule has 0 atom stereocenters. The minimum absolute atomic E-state index is 0.0309. The Morgan fingerprint density at radius 3 is 2.38 bits per heavy atom. The summed E-state index contributed by atoms with van der Waals surface area (Å²) in [6.45, 7) is -0.494. The van der Waals surface area contributed by atoms with Gasteiger partial charge in [-0.05, 0) is 30.3 Å². The summed E-state index contributed by atoms with van der Waals surface area (Å²) in [5.41, 5.74) is 0.645. The van der Waals surface area contributed by atoms with Crippen molar-refractivity contribution < 1.29 is 19.8 Å². The third kappa shape index (κ3) is 3.35. The van der Waals surface area contributed by atoms with E-state index in [0.29, 0.717) is 10.7 Å². The summed E-state index contributed by atoms with van der Waals surface area (Å²) in [6, 6.07) is 7.19. The zero-order valence-corrected chi connectivity index (χ0v) is 11.9. The van der Waals surface area contributed by atoms with Crippen molar-refractivity contribution in [2.75, 3.05) is 11.4 Å². The molecule has 6 nitrogen and oxygen atoms in total. The quantitative estimate of drug-likeness (QED) is 0.906. The third-order valence-corrected chi connectivity index (χ3v) is 3.10. The number of amides is 1. The molecule has 1 aromatic carbocycles. The normalized spacial score (nSPS) is 10.4. The molecule has 0 aliphatic heterocycles. The first-order valence-electron chi connectivity index (χ1n) is 6.03. The van der Waals surface area contributed by atoms with Crippen LogP contribution in [0.15, 0.2) is 36.5 Å². The highest BCUT2D eigenvalue weighted by Gasteiger charge is 2.23. The molecule has 2 aromatic rings. The van der Waals surface area contributed by atoms with Crippen LogP contribution in [0.3, 0.4) is 0 Å². The second kappa shape index (κ2) is 5.88. The Morgan fingerprint density at radius 1 is 1.29 bits per heavy atom. The molecule has 0 aliphatic rings. The standard InChI is InChI=1S/C14H13ClN2O4/c1-16-7-9(15)6-12(16)14(21)17(8-13(19)20)10-2-4-11(18)5-3-10/h2-7,18H,8H2,1H3,(H,19,20). The SMILES string of the molecule is Cn1cc(Cl)cc1C(=O)N(CC(=O)O)c1ccc(O)cc1. The predicted octanol–water partition coefficient (Wildman–Crippen LogP) is 2.12. The molecular formula is C14H13ClN2O4. The molecule has 0 saturated carbocycles. The number of carbonyl (C=O) groups is 2. The molecule has 2 N–H and O–H groups in total. The van der Waals surface area contributed by atoms with Gasteiger partial charge in [-0.3, -0.25) is 14.5 Å². The van der Waals surface area contributed by atoms with Gasteiger partial charge in [-0.15, -0.1) is 0 Å². The maximum atomic E-state index is 12.5. The number of carbonyl (C=O) groups excluding carboxylic acids is 1. The summed E-state index contributed by atoms with van der Waals surface area (Å²) in [6.07, 6.45) is 1.56. The smallest absolute Gasteiger partial charge is 0.323 e. The minimum Gasteiger partial charge on any atom is -0.508 e. The molecule has 7 heteroatoms. The largest absolute Gasteiger partial charge is 0.508 e. The van der Waals surface area contributed by atoms with Gasteiger partial charge in [-0.2, -0.15) is 0 Å². The van der Waals surface area contributed by atoms with Crippen molar-refractivity contribution in [2.24, 2.45) is 7.05 Å². The highest BCUT2D eigenvalue weighted by molar-refractivity contribution is 6.31. The zero-order valence-electron chi connectivity index (χ0n) is 11.2. The highest BCUT2D eigenvalue weighted by Crippen LogP contribution is 2.22. The number of aryl methyl sites for hydroxylation is 1. The van der Waals surface area contributed by atoms with Gasteiger partial charge in [0.2, 0.25) is 0 Å². The van der Waals surface area contributed by atoms with Crippen LogP contribution in [-0.4, -0.2) is 33.2 Å². The number of phenolic OH excluding ortho intramolecular Hbond substituents is 1. The topological polar surface area (TPSA) is 82.8 Å². The van der Waals surface area contributed by atoms with Crippen molar-refractivity contribution in [3.63, 3.8) is 0 Å². The fraction of sp³-hybridized carbons (Fsp3) is 0.143. The summed E-state index contributed by atoms with van der Waals surface area (Å²) >= 11 is 5.85. The van der Waals surface area contributed by atoms with E-state index in [-0.39, 0.29) is 11.4 Å². The van der Waals surface area contributed by atoms with Crippen LogP contribution in [0, 0.1) is 0 Å². The number of halogens is 1. The Balaban J connectivity index is 2.40. The Bertz CT molecular complexity index is 679. The van der Waals surface area contributed by atoms with Gasteiger partial charge in [0.1, 0.15) is 18.0 Å². The monoisotopic (exact) mass is 308 g/mol. The van der Waals surface area contributed by atoms with E-state index < -0.39 is 18.4 Å². The van der Waals surface area contributed by atoms with E-state index in [9.17, 15) is 14.7 Å². The lowest BCUT2D eigenvalue weighted by atomic mass is 10.2. The van der Waals surface area contributed by atoms with Crippen molar-refractivity contribution in [1.29, 1.82) is 0 Å². The number of carboxylic acid groups (broad SMARTS) is 1. The number of hydrogen-bond acceptors (Lipinski definition) is 3. The van der Waals surface area contributed by atoms with E-state index in [2.05, 4.69) is 0 Å². The lowest BCUT2D eigenvalue weighted by Crippen LogP contribution is -2.36. The molecule has 1 heterocycles. The van der Waals surface area contributed by atoms with Gasteiger partial charge in [-0.1, -0.05) is 11.6 Å². The van der Waals surface area contributed by atoms with Crippen molar-refractivity contribution in [3.05, 3.63) is 47.2 Å². The average molecular weight is 309 g/mol. The van der Waals surface area contributed by atoms with Crippen molar-refractivity contribution in [3.8, 4) is 5.75 Å². The highest BCUT2D eigenvalue weighted by atomic mass is 35.5. The number of aliphatic carboxylic acids is 1. The molecule has 0 spiro atoms. The molecule has 0 fully saturated rings. The summed E-state index contributed by atoms with van der Waals surface area (Å²) in [4.78, 5) is 24.6. The van der Waals surface area contributed by atoms with Crippen molar-refractivity contribution in [2.45, 2.75) is 0 Å². The summed E-state index contributed by atoms with van der Waals surface area (Å²) < 4.78 is 1.53. The van der Waals surface area contributed by atoms with Crippen LogP contribution in [0.25, 0.3) is 0 Å². The van der Waals surface area contributed by atoms with Crippen molar-refractivity contribution in [1.82, 2.24) is 4.57 Å². The number of aromatic hydroxyl groups is 1. The minimum atomic E-state index is -1.14. The van der Waals surface area contributed by atoms with Crippen LogP contribution in [0.2, 0.25) is 5.02 Å². The van der Waals surface area contributed by atoms with Gasteiger partial charge < -0.3 is 14.8 Å². The number of aromatic nitrogens is 1. The van der Waals surface area contributed by atoms with E-state index in [0.717, 1.165) is 4.90 Å². The zero-order chi connectivity index (χ0) is 15.6. The van der Waals surface area contributed by atoms with Gasteiger partial charge in [0, 0.05) is 18.9 Å². The molecule has 0 bridgehead atoms. The van der Waals surface area contributed by atoms with E-state index in [1.165, 1.54) is 34.9 Å². The molecule has 0 unspecified atom stereocenters. The predicted molar refractivity (Wildman–Crippen MR) is 77.8 cm³/mol. The molecule has 1 aromatic heterocycles. The van der Waals surface area contributed by atoms with Gasteiger partial charge >= 0.3 is 5.97 Å². The molecule has 21 heavy (non-hydrogen) atoms. The Morgan fingerprint density at radius 2 is 1.90 bits per heavy atom. The van der Waals surface area contributed by atoms with Crippen LogP contribution in [0.4, 0.5) is 5.69 Å². The van der Waals surface area contributed by atoms with Crippen LogP contribution in [0.5, 0.6) is 5.75 Å². The molecule has 0 aliphatic carbocycles. The lowest BCUT2D eigenvalue weighted by Gasteiger charge is -2.21. The first-order valence-corrected chi connectivity index (χ1v) is 6.41. The summed E-state index contributed by atoms with van der Waals surface area (Å²) in [5.74, 6) is -1.60. The third-order valence-electron chi connectivity index (χ3n) is 2.89. The molecule has 1 amide bonds. The molecule has 0 radical (unpaired) electrons. The Kier molecular flexibility index (Phi) is 4.18. The number of rotatable bonds is 4. The maximum Gasteiger partial charge on any atom is 0.323 e. The number of anilines is 1. The van der Waals surface area contributed by atoms with E-state index >= 15 is 0 Å². The lowest BCUT2D eigenvalue weighted by molar-refractivity contribution is -0.135. The van der Waals surface area contributed by atoms with Gasteiger partial charge in [0.15, 0.2) is 0 Å². The first-order chi connectivity index (χ1) is 9.88. The number of hydrogen-bond donors (Lipinski definition) is 2. The number of nitrogens with zero attached hydrogens (tertiary/aromatic N) is 2. The number of benzene rings is 1. The van der Waals surface area contributed by atoms with E-state index in [1.54, 1.807) is 13.2 Å². The summed E-state index contributed by atoms with van der Waals surface area (Å²) in [5, 5.41) is 18.7. The maximum absolute atomic E-state index is 12.5. The number of phenols is 1. The van der Waals surface area contributed by atoms with E-state index in [4.69, 9.17) is 16.7 Å². The van der Waals surface area contributed by atoms with Crippen LogP contribution >= 0.6 is 11.6 Å². The van der Waals surface area contributed by atoms with Gasteiger partial charge in [-0.25, -0.2) is 0 Å². The molecule has 0 saturated heterocycles. The fourth-order valence-corrected chi connectivity index (χ4v) is 2.17. The van der Waals surface area contributed by atoms with Crippen LogP contribution < -0.4 is 4.90 Å². The average Bonchev–Trinajstić information content (AvgIpc) is 2.75. The molecular weight excluding hydrogens is 296 g/mol. The van der Waals surface area contributed by atoms with Gasteiger partial charge in [0.05, 0.1) is 5.02 Å². The Hall–Kier alpha value is -2.47. The first kappa shape index (κ1) is 14.9. The van der Waals surface area contributed by atoms with E-state index in [1.807, 2.05) is 0 Å². The Labute approximate surface area is 125 Å². The fourth-order valence-electron chi connectivity index (χ4n) is 1.92. The second-order valence-electron chi connectivity index (χ2n) is 4.46. The van der Waals surface area contributed by atoms with Crippen LogP contribution in [0.1, 0.15) is 10.5 Å².